The van der Waals surface area contributed by atoms with Crippen LogP contribution in [0.25, 0.3) is 17.1 Å². The van der Waals surface area contributed by atoms with Crippen molar-refractivity contribution in [1.82, 2.24) is 19.7 Å². The van der Waals surface area contributed by atoms with Gasteiger partial charge in [-0.25, -0.2) is 0 Å². The molecule has 7 nitrogen and oxygen atoms in total. The molecular weight excluding hydrogens is 543 g/mol. The van der Waals surface area contributed by atoms with E-state index in [4.69, 9.17) is 32.7 Å². The van der Waals surface area contributed by atoms with E-state index in [0.717, 1.165) is 22.4 Å². The molecule has 0 aliphatic rings. The number of ether oxygens (including phenoxy) is 2. The van der Waals surface area contributed by atoms with Gasteiger partial charge in [0.25, 0.3) is 0 Å². The van der Waals surface area contributed by atoms with E-state index in [1.54, 1.807) is 38.3 Å². The molecular formula is C28H28Cl2N4O3S. The van der Waals surface area contributed by atoms with Crippen molar-refractivity contribution in [1.29, 1.82) is 0 Å². The fourth-order valence-electron chi connectivity index (χ4n) is 3.80. The van der Waals surface area contributed by atoms with E-state index < -0.39 is 0 Å². The molecule has 10 heteroatoms. The molecule has 0 aliphatic carbocycles. The zero-order valence-corrected chi connectivity index (χ0v) is 23.9. The van der Waals surface area contributed by atoms with E-state index in [-0.39, 0.29) is 11.7 Å². The van der Waals surface area contributed by atoms with Crippen LogP contribution >= 0.6 is 35.0 Å². The molecule has 1 heterocycles. The number of methoxy groups -OCH3 is 2. The lowest BCUT2D eigenvalue weighted by Crippen LogP contribution is -2.30. The number of carbonyl (C=O) groups excluding carboxylic acids is 1. The summed E-state index contributed by atoms with van der Waals surface area (Å²) in [4.78, 5) is 14.7. The highest BCUT2D eigenvalue weighted by atomic mass is 35.5. The Hall–Kier alpha value is -3.20. The fourth-order valence-corrected chi connectivity index (χ4v) is 4.99. The molecule has 0 spiro atoms. The van der Waals surface area contributed by atoms with Crippen LogP contribution in [0.2, 0.25) is 10.0 Å². The molecule has 0 saturated heterocycles. The predicted molar refractivity (Wildman–Crippen MR) is 153 cm³/mol. The van der Waals surface area contributed by atoms with Crippen LogP contribution in [0, 0.1) is 6.92 Å². The standard InChI is InChI=1S/C28H28Cl2N4O3S/c1-18-5-8-20(9-6-18)27-31-32-28(34(27)21-10-11-22(29)23(30)16-21)38-17-26(35)33(2)14-13-19-7-12-24(36-3)25(15-19)37-4/h5-12,15-16H,13-14,17H2,1-4H3. The van der Waals surface area contributed by atoms with Crippen molar-refractivity contribution in [2.75, 3.05) is 33.6 Å². The number of amides is 1. The highest BCUT2D eigenvalue weighted by Crippen LogP contribution is 2.32. The number of benzene rings is 3. The Labute approximate surface area is 236 Å². The normalized spacial score (nSPS) is 10.9. The van der Waals surface area contributed by atoms with Crippen molar-refractivity contribution >= 4 is 40.9 Å². The summed E-state index contributed by atoms with van der Waals surface area (Å²) in [5, 5.41) is 10.3. The van der Waals surface area contributed by atoms with E-state index in [1.165, 1.54) is 11.8 Å². The first-order chi connectivity index (χ1) is 18.3. The van der Waals surface area contributed by atoms with Gasteiger partial charge in [0.1, 0.15) is 0 Å². The van der Waals surface area contributed by atoms with Crippen LogP contribution in [0.4, 0.5) is 0 Å². The lowest BCUT2D eigenvalue weighted by molar-refractivity contribution is -0.127. The van der Waals surface area contributed by atoms with Gasteiger partial charge in [-0.15, -0.1) is 10.2 Å². The van der Waals surface area contributed by atoms with Crippen LogP contribution < -0.4 is 9.47 Å². The minimum absolute atomic E-state index is 0.0175. The topological polar surface area (TPSA) is 69.5 Å². The third kappa shape index (κ3) is 6.43. The van der Waals surface area contributed by atoms with Gasteiger partial charge < -0.3 is 14.4 Å². The number of rotatable bonds is 10. The van der Waals surface area contributed by atoms with Crippen molar-refractivity contribution in [3.8, 4) is 28.6 Å². The molecule has 0 saturated carbocycles. The van der Waals surface area contributed by atoms with Gasteiger partial charge in [0.15, 0.2) is 22.5 Å². The number of halogens is 2. The highest BCUT2D eigenvalue weighted by Gasteiger charge is 2.19. The maximum absolute atomic E-state index is 13.0. The molecule has 0 aliphatic heterocycles. The Bertz CT molecular complexity index is 1430. The first-order valence-electron chi connectivity index (χ1n) is 11.9. The molecule has 0 unspecified atom stereocenters. The quantitative estimate of drug-likeness (QED) is 0.207. The zero-order chi connectivity index (χ0) is 27.2. The Morgan fingerprint density at radius 1 is 0.947 bits per heavy atom. The Balaban J connectivity index is 1.49. The first-order valence-corrected chi connectivity index (χ1v) is 13.6. The Morgan fingerprint density at radius 3 is 2.37 bits per heavy atom. The van der Waals surface area contributed by atoms with Gasteiger partial charge in [0.2, 0.25) is 5.91 Å². The number of aromatic nitrogens is 3. The molecule has 0 atom stereocenters. The fraction of sp³-hybridized carbons (Fsp3) is 0.250. The summed E-state index contributed by atoms with van der Waals surface area (Å²) >= 11 is 13.8. The highest BCUT2D eigenvalue weighted by molar-refractivity contribution is 7.99. The van der Waals surface area contributed by atoms with Gasteiger partial charge in [-0.05, 0) is 49.2 Å². The van der Waals surface area contributed by atoms with E-state index in [2.05, 4.69) is 10.2 Å². The summed E-state index contributed by atoms with van der Waals surface area (Å²) in [5.41, 5.74) is 3.86. The molecule has 1 aromatic heterocycles. The van der Waals surface area contributed by atoms with E-state index in [9.17, 15) is 4.79 Å². The van der Waals surface area contributed by atoms with Gasteiger partial charge in [0, 0.05) is 19.2 Å². The van der Waals surface area contributed by atoms with Crippen LogP contribution in [-0.2, 0) is 11.2 Å². The second-order valence-corrected chi connectivity index (χ2v) is 10.4. The minimum Gasteiger partial charge on any atom is -0.493 e. The van der Waals surface area contributed by atoms with Gasteiger partial charge in [0.05, 0.1) is 35.7 Å². The van der Waals surface area contributed by atoms with Crippen molar-refractivity contribution in [2.45, 2.75) is 18.5 Å². The van der Waals surface area contributed by atoms with Gasteiger partial charge in [-0.2, -0.15) is 0 Å². The molecule has 4 aromatic rings. The van der Waals surface area contributed by atoms with E-state index in [0.29, 0.717) is 45.5 Å². The van der Waals surface area contributed by atoms with Gasteiger partial charge in [-0.3, -0.25) is 9.36 Å². The average Bonchev–Trinajstić information content (AvgIpc) is 3.35. The van der Waals surface area contributed by atoms with Crippen LogP contribution in [-0.4, -0.2) is 59.1 Å². The van der Waals surface area contributed by atoms with Crippen LogP contribution in [0.5, 0.6) is 11.5 Å². The van der Waals surface area contributed by atoms with Crippen LogP contribution in [0.1, 0.15) is 11.1 Å². The number of thioether (sulfide) groups is 1. The largest absolute Gasteiger partial charge is 0.493 e. The molecule has 4 rings (SSSR count). The van der Waals surface area contributed by atoms with E-state index in [1.807, 2.05) is 60.0 Å². The van der Waals surface area contributed by atoms with E-state index >= 15 is 0 Å². The summed E-state index contributed by atoms with van der Waals surface area (Å²) in [5.74, 6) is 2.18. The third-order valence-corrected chi connectivity index (χ3v) is 7.69. The predicted octanol–water partition coefficient (Wildman–Crippen LogP) is 6.36. The maximum Gasteiger partial charge on any atom is 0.232 e. The molecule has 0 bridgehead atoms. The Morgan fingerprint density at radius 2 is 1.68 bits per heavy atom. The lowest BCUT2D eigenvalue weighted by atomic mass is 10.1. The van der Waals surface area contributed by atoms with Gasteiger partial charge >= 0.3 is 0 Å². The van der Waals surface area contributed by atoms with Gasteiger partial charge in [-0.1, -0.05) is 70.9 Å². The average molecular weight is 572 g/mol. The SMILES string of the molecule is COc1ccc(CCN(C)C(=O)CSc2nnc(-c3ccc(C)cc3)n2-c2ccc(Cl)c(Cl)c2)cc1OC. The smallest absolute Gasteiger partial charge is 0.232 e. The third-order valence-electron chi connectivity index (χ3n) is 6.04. The summed E-state index contributed by atoms with van der Waals surface area (Å²) < 4.78 is 12.6. The lowest BCUT2D eigenvalue weighted by Gasteiger charge is -2.18. The summed E-state index contributed by atoms with van der Waals surface area (Å²) in [7, 11) is 5.01. The van der Waals surface area contributed by atoms with Crippen molar-refractivity contribution in [3.05, 3.63) is 81.8 Å². The van der Waals surface area contributed by atoms with Crippen LogP contribution in [0.15, 0.2) is 65.8 Å². The summed E-state index contributed by atoms with van der Waals surface area (Å²) in [6.45, 7) is 2.59. The second kappa shape index (κ2) is 12.6. The van der Waals surface area contributed by atoms with Crippen molar-refractivity contribution in [2.24, 2.45) is 0 Å². The Kier molecular flexibility index (Phi) is 9.20. The zero-order valence-electron chi connectivity index (χ0n) is 21.6. The van der Waals surface area contributed by atoms with Crippen molar-refractivity contribution in [3.63, 3.8) is 0 Å². The number of carbonyl (C=O) groups is 1. The van der Waals surface area contributed by atoms with Crippen LogP contribution in [0.3, 0.4) is 0 Å². The number of hydrogen-bond donors (Lipinski definition) is 0. The summed E-state index contributed by atoms with van der Waals surface area (Å²) in [6, 6.07) is 19.2. The molecule has 38 heavy (non-hydrogen) atoms. The second-order valence-electron chi connectivity index (χ2n) is 8.65. The molecule has 0 N–H and O–H groups in total. The number of likely N-dealkylation sites (N-methyl/N-ethyl adjacent to an activating group) is 1. The monoisotopic (exact) mass is 570 g/mol. The molecule has 198 valence electrons. The number of hydrogen-bond acceptors (Lipinski definition) is 6. The number of nitrogens with zero attached hydrogens (tertiary/aromatic N) is 4. The molecule has 0 radical (unpaired) electrons. The molecule has 3 aromatic carbocycles. The number of aryl methyl sites for hydroxylation is 1. The maximum atomic E-state index is 13.0. The van der Waals surface area contributed by atoms with Crippen molar-refractivity contribution < 1.29 is 14.3 Å². The summed E-state index contributed by atoms with van der Waals surface area (Å²) in [6.07, 6.45) is 0.685. The molecule has 0 fully saturated rings. The first kappa shape index (κ1) is 27.8. The minimum atomic E-state index is -0.0175. The molecule has 1 amide bonds.